The topological polar surface area (TPSA) is 79.7 Å². The summed E-state index contributed by atoms with van der Waals surface area (Å²) in [5.41, 5.74) is 5.80. The molecule has 5 aromatic rings. The van der Waals surface area contributed by atoms with Gasteiger partial charge in [0.1, 0.15) is 6.04 Å². The largest absolute Gasteiger partial charge is 0.321 e. The van der Waals surface area contributed by atoms with Gasteiger partial charge in [-0.1, -0.05) is 79.7 Å². The van der Waals surface area contributed by atoms with Gasteiger partial charge >= 0.3 is 0 Å². The molecule has 2 heterocycles. The predicted molar refractivity (Wildman–Crippen MR) is 142 cm³/mol. The quantitative estimate of drug-likeness (QED) is 0.347. The lowest BCUT2D eigenvalue weighted by atomic mass is 9.99. The summed E-state index contributed by atoms with van der Waals surface area (Å²) in [7, 11) is 0. The molecular weight excluding hydrogens is 448 g/mol. The maximum Gasteiger partial charge on any atom is 0.253 e. The molecule has 2 aromatic heterocycles. The first kappa shape index (κ1) is 23.6. The number of aryl methyl sites for hydroxylation is 2. The standard InChI is InChI=1S/C29H30N6O/c1-4-34(18-22-11-7-5-8-12-22)27(28-31-32-33-35(28)19-23-13-9-6-10-14-23)25-17-24-20(2)15-16-21(3)26(24)30-29(25)36/h5-17,27H,4,18-19H2,1-3H3,(H,30,36)/t27-/m0/s1. The third-order valence-corrected chi connectivity index (χ3v) is 6.75. The second-order valence-corrected chi connectivity index (χ2v) is 9.17. The van der Waals surface area contributed by atoms with Gasteiger partial charge in [-0.15, -0.1) is 5.10 Å². The Balaban J connectivity index is 1.67. The van der Waals surface area contributed by atoms with E-state index in [1.165, 1.54) is 0 Å². The van der Waals surface area contributed by atoms with Gasteiger partial charge in [0.2, 0.25) is 0 Å². The van der Waals surface area contributed by atoms with Gasteiger partial charge < -0.3 is 4.98 Å². The summed E-state index contributed by atoms with van der Waals surface area (Å²) in [4.78, 5) is 19.0. The van der Waals surface area contributed by atoms with Crippen LogP contribution in [0.4, 0.5) is 0 Å². The van der Waals surface area contributed by atoms with Crippen molar-refractivity contribution >= 4 is 10.9 Å². The first-order chi connectivity index (χ1) is 17.5. The Labute approximate surface area is 210 Å². The van der Waals surface area contributed by atoms with Gasteiger partial charge in [-0.3, -0.25) is 9.69 Å². The smallest absolute Gasteiger partial charge is 0.253 e. The molecule has 0 aliphatic heterocycles. The fourth-order valence-corrected chi connectivity index (χ4v) is 4.77. The van der Waals surface area contributed by atoms with Crippen LogP contribution in [0.25, 0.3) is 10.9 Å². The molecular formula is C29H30N6O. The second kappa shape index (κ2) is 10.3. The molecule has 0 aliphatic rings. The molecule has 1 N–H and O–H groups in total. The Kier molecular flexibility index (Phi) is 6.73. The number of hydrogen-bond acceptors (Lipinski definition) is 5. The molecule has 0 fully saturated rings. The molecule has 0 bridgehead atoms. The van der Waals surface area contributed by atoms with Crippen LogP contribution in [0.5, 0.6) is 0 Å². The highest BCUT2D eigenvalue weighted by Gasteiger charge is 2.30. The van der Waals surface area contributed by atoms with Crippen LogP contribution in [-0.2, 0) is 13.1 Å². The number of rotatable bonds is 8. The van der Waals surface area contributed by atoms with Crippen molar-refractivity contribution in [1.29, 1.82) is 0 Å². The molecule has 1 atom stereocenters. The number of hydrogen-bond donors (Lipinski definition) is 1. The molecule has 0 amide bonds. The van der Waals surface area contributed by atoms with E-state index in [-0.39, 0.29) is 5.56 Å². The van der Waals surface area contributed by atoms with E-state index >= 15 is 0 Å². The molecule has 0 radical (unpaired) electrons. The van der Waals surface area contributed by atoms with Gasteiger partial charge in [0.15, 0.2) is 5.82 Å². The Hall–Kier alpha value is -4.10. The van der Waals surface area contributed by atoms with E-state index in [9.17, 15) is 4.79 Å². The van der Waals surface area contributed by atoms with Crippen molar-refractivity contribution < 1.29 is 0 Å². The fourth-order valence-electron chi connectivity index (χ4n) is 4.77. The average Bonchev–Trinajstić information content (AvgIpc) is 3.35. The number of benzene rings is 3. The lowest BCUT2D eigenvalue weighted by molar-refractivity contribution is 0.214. The predicted octanol–water partition coefficient (Wildman–Crippen LogP) is 4.79. The Bertz CT molecular complexity index is 1520. The Morgan fingerprint density at radius 2 is 1.58 bits per heavy atom. The van der Waals surface area contributed by atoms with Crippen LogP contribution in [0.1, 0.15) is 46.6 Å². The molecule has 0 saturated carbocycles. The van der Waals surface area contributed by atoms with Crippen molar-refractivity contribution in [3.63, 3.8) is 0 Å². The maximum absolute atomic E-state index is 13.6. The van der Waals surface area contributed by atoms with E-state index < -0.39 is 6.04 Å². The third-order valence-electron chi connectivity index (χ3n) is 6.75. The van der Waals surface area contributed by atoms with E-state index in [0.29, 0.717) is 31.0 Å². The lowest BCUT2D eigenvalue weighted by Gasteiger charge is -2.30. The summed E-state index contributed by atoms with van der Waals surface area (Å²) in [5, 5.41) is 13.9. The fraction of sp³-hybridized carbons (Fsp3) is 0.241. The number of aromatic amines is 1. The first-order valence-electron chi connectivity index (χ1n) is 12.3. The number of H-pyrrole nitrogens is 1. The summed E-state index contributed by atoms with van der Waals surface area (Å²) >= 11 is 0. The minimum Gasteiger partial charge on any atom is -0.321 e. The van der Waals surface area contributed by atoms with Crippen molar-refractivity contribution in [3.8, 4) is 0 Å². The van der Waals surface area contributed by atoms with Crippen molar-refractivity contribution in [2.24, 2.45) is 0 Å². The molecule has 5 rings (SSSR count). The normalized spacial score (nSPS) is 12.3. The van der Waals surface area contributed by atoms with E-state index in [0.717, 1.165) is 33.2 Å². The van der Waals surface area contributed by atoms with Gasteiger partial charge in [0.05, 0.1) is 12.1 Å². The van der Waals surface area contributed by atoms with Crippen LogP contribution in [0, 0.1) is 13.8 Å². The van der Waals surface area contributed by atoms with Crippen LogP contribution in [0.2, 0.25) is 0 Å². The second-order valence-electron chi connectivity index (χ2n) is 9.17. The number of nitrogens with one attached hydrogen (secondary N) is 1. The van der Waals surface area contributed by atoms with Crippen LogP contribution in [0.15, 0.2) is 83.7 Å². The summed E-state index contributed by atoms with van der Waals surface area (Å²) in [5.74, 6) is 0.645. The van der Waals surface area contributed by atoms with Gasteiger partial charge in [0.25, 0.3) is 5.56 Å². The van der Waals surface area contributed by atoms with Crippen LogP contribution >= 0.6 is 0 Å². The van der Waals surface area contributed by atoms with Crippen molar-refractivity contribution in [1.82, 2.24) is 30.1 Å². The van der Waals surface area contributed by atoms with Crippen molar-refractivity contribution in [3.05, 3.63) is 123 Å². The van der Waals surface area contributed by atoms with E-state index in [2.05, 4.69) is 69.6 Å². The molecule has 7 heteroatoms. The minimum atomic E-state index is -0.429. The van der Waals surface area contributed by atoms with Gasteiger partial charge in [0, 0.05) is 17.5 Å². The Morgan fingerprint density at radius 1 is 0.917 bits per heavy atom. The molecule has 0 aliphatic carbocycles. The highest BCUT2D eigenvalue weighted by atomic mass is 16.1. The summed E-state index contributed by atoms with van der Waals surface area (Å²) in [6.07, 6.45) is 0. The van der Waals surface area contributed by atoms with Gasteiger partial charge in [-0.05, 0) is 59.1 Å². The summed E-state index contributed by atoms with van der Waals surface area (Å²) in [6, 6.07) is 26.1. The summed E-state index contributed by atoms with van der Waals surface area (Å²) in [6.45, 7) is 8.08. The third kappa shape index (κ3) is 4.70. The zero-order valence-electron chi connectivity index (χ0n) is 20.8. The molecule has 7 nitrogen and oxygen atoms in total. The zero-order valence-corrected chi connectivity index (χ0v) is 20.8. The minimum absolute atomic E-state index is 0.123. The molecule has 36 heavy (non-hydrogen) atoms. The Morgan fingerprint density at radius 3 is 2.28 bits per heavy atom. The highest BCUT2D eigenvalue weighted by Crippen LogP contribution is 2.30. The average molecular weight is 479 g/mol. The van der Waals surface area contributed by atoms with Crippen molar-refractivity contribution in [2.75, 3.05) is 6.54 Å². The molecule has 3 aromatic carbocycles. The van der Waals surface area contributed by atoms with Crippen LogP contribution in [-0.4, -0.2) is 36.6 Å². The highest BCUT2D eigenvalue weighted by molar-refractivity contribution is 5.85. The van der Waals surface area contributed by atoms with Crippen LogP contribution < -0.4 is 5.56 Å². The lowest BCUT2D eigenvalue weighted by Crippen LogP contribution is -2.35. The van der Waals surface area contributed by atoms with Crippen LogP contribution in [0.3, 0.4) is 0 Å². The molecule has 182 valence electrons. The van der Waals surface area contributed by atoms with Crippen molar-refractivity contribution in [2.45, 2.75) is 39.9 Å². The molecule has 0 spiro atoms. The number of tetrazole rings is 1. The zero-order chi connectivity index (χ0) is 25.1. The number of nitrogens with zero attached hydrogens (tertiary/aromatic N) is 5. The van der Waals surface area contributed by atoms with E-state index in [1.54, 1.807) is 4.68 Å². The summed E-state index contributed by atoms with van der Waals surface area (Å²) < 4.78 is 1.81. The monoisotopic (exact) mass is 478 g/mol. The number of pyridine rings is 1. The molecule has 0 unspecified atom stereocenters. The van der Waals surface area contributed by atoms with Gasteiger partial charge in [-0.25, -0.2) is 4.68 Å². The maximum atomic E-state index is 13.6. The van der Waals surface area contributed by atoms with E-state index in [1.807, 2.05) is 55.5 Å². The van der Waals surface area contributed by atoms with Gasteiger partial charge in [-0.2, -0.15) is 0 Å². The van der Waals surface area contributed by atoms with E-state index in [4.69, 9.17) is 0 Å². The number of fused-ring (bicyclic) bond motifs is 1. The number of aromatic nitrogens is 5. The molecule has 0 saturated heterocycles. The first-order valence-corrected chi connectivity index (χ1v) is 12.3. The SMILES string of the molecule is CCN(Cc1ccccc1)[C@@H](c1cc2c(C)ccc(C)c2[nH]c1=O)c1nnnn1Cc1ccccc1.